The summed E-state index contributed by atoms with van der Waals surface area (Å²) in [5.74, 6) is -0.310. The molecule has 142 valence electrons. The maximum atomic E-state index is 12.4. The van der Waals surface area contributed by atoms with Gasteiger partial charge in [-0.05, 0) is 49.1 Å². The first-order valence-corrected chi connectivity index (χ1v) is 9.50. The van der Waals surface area contributed by atoms with Crippen LogP contribution in [0, 0.1) is 0 Å². The Morgan fingerprint density at radius 1 is 1.00 bits per heavy atom. The summed E-state index contributed by atoms with van der Waals surface area (Å²) in [6, 6.07) is 13.8. The summed E-state index contributed by atoms with van der Waals surface area (Å²) in [7, 11) is 0. The van der Waals surface area contributed by atoms with Gasteiger partial charge in [0.2, 0.25) is 5.91 Å². The monoisotopic (exact) mass is 386 g/mol. The molecule has 0 heterocycles. The van der Waals surface area contributed by atoms with Crippen LogP contribution < -0.4 is 10.6 Å². The van der Waals surface area contributed by atoms with Gasteiger partial charge in [-0.3, -0.25) is 9.59 Å². The number of hydrogen-bond donors (Lipinski definition) is 2. The van der Waals surface area contributed by atoms with E-state index in [0.717, 1.165) is 10.6 Å². The van der Waals surface area contributed by atoms with Crippen molar-refractivity contribution in [2.45, 2.75) is 31.8 Å². The third-order valence-corrected chi connectivity index (χ3v) is 4.49. The van der Waals surface area contributed by atoms with Crippen LogP contribution in [0.25, 0.3) is 0 Å². The normalized spacial score (nSPS) is 11.4. The second kappa shape index (κ2) is 9.78. The van der Waals surface area contributed by atoms with Crippen LogP contribution in [0.3, 0.4) is 0 Å². The van der Waals surface area contributed by atoms with E-state index in [1.165, 1.54) is 13.8 Å². The van der Waals surface area contributed by atoms with Gasteiger partial charge in [0.15, 0.2) is 6.10 Å². The molecule has 1 atom stereocenters. The van der Waals surface area contributed by atoms with E-state index in [0.29, 0.717) is 16.9 Å². The summed E-state index contributed by atoms with van der Waals surface area (Å²) in [4.78, 5) is 36.5. The molecule has 7 heteroatoms. The first kappa shape index (κ1) is 20.5. The molecule has 0 saturated carbocycles. The molecule has 2 N–H and O–H groups in total. The Balaban J connectivity index is 1.97. The van der Waals surface area contributed by atoms with Crippen molar-refractivity contribution in [1.82, 2.24) is 0 Å². The molecule has 2 amide bonds. The standard InChI is InChI=1S/C20H22N2O4S/c1-4-27-18-8-6-5-7-17(18)20(25)26-13(2)19(24)22-16-11-9-15(10-12-16)21-14(3)23/h5-13H,4H2,1-3H3,(H,21,23)(H,22,24)/t13-/m0/s1. The molecule has 0 aliphatic carbocycles. The lowest BCUT2D eigenvalue weighted by Gasteiger charge is -2.15. The van der Waals surface area contributed by atoms with Crippen LogP contribution in [0.2, 0.25) is 0 Å². The first-order chi connectivity index (χ1) is 12.9. The van der Waals surface area contributed by atoms with Crippen LogP contribution in [0.5, 0.6) is 0 Å². The largest absolute Gasteiger partial charge is 0.449 e. The summed E-state index contributed by atoms with van der Waals surface area (Å²) >= 11 is 1.54. The van der Waals surface area contributed by atoms with Gasteiger partial charge in [0.25, 0.3) is 5.91 Å². The average Bonchev–Trinajstić information content (AvgIpc) is 2.63. The maximum Gasteiger partial charge on any atom is 0.340 e. The minimum absolute atomic E-state index is 0.172. The van der Waals surface area contributed by atoms with Gasteiger partial charge in [-0.25, -0.2) is 4.79 Å². The van der Waals surface area contributed by atoms with E-state index in [9.17, 15) is 14.4 Å². The Morgan fingerprint density at radius 3 is 2.19 bits per heavy atom. The van der Waals surface area contributed by atoms with E-state index in [1.807, 2.05) is 19.1 Å². The highest BCUT2D eigenvalue weighted by molar-refractivity contribution is 7.99. The fraction of sp³-hybridized carbons (Fsp3) is 0.250. The van der Waals surface area contributed by atoms with Gasteiger partial charge in [0.1, 0.15) is 0 Å². The quantitative estimate of drug-likeness (QED) is 0.556. The van der Waals surface area contributed by atoms with Crippen molar-refractivity contribution in [1.29, 1.82) is 0 Å². The van der Waals surface area contributed by atoms with Crippen molar-refractivity contribution in [3.63, 3.8) is 0 Å². The predicted octanol–water partition coefficient (Wildman–Crippen LogP) is 3.94. The molecular weight excluding hydrogens is 364 g/mol. The number of thioether (sulfide) groups is 1. The summed E-state index contributed by atoms with van der Waals surface area (Å²) in [6.07, 6.45) is -0.952. The van der Waals surface area contributed by atoms with Crippen LogP contribution in [-0.2, 0) is 14.3 Å². The SMILES string of the molecule is CCSc1ccccc1C(=O)O[C@@H](C)C(=O)Nc1ccc(NC(C)=O)cc1. The van der Waals surface area contributed by atoms with Crippen LogP contribution in [0.15, 0.2) is 53.4 Å². The van der Waals surface area contributed by atoms with Crippen molar-refractivity contribution in [2.75, 3.05) is 16.4 Å². The smallest absolute Gasteiger partial charge is 0.340 e. The fourth-order valence-electron chi connectivity index (χ4n) is 2.28. The molecule has 2 aromatic carbocycles. The predicted molar refractivity (Wildman–Crippen MR) is 107 cm³/mol. The third-order valence-electron chi connectivity index (χ3n) is 3.53. The highest BCUT2D eigenvalue weighted by atomic mass is 32.2. The van der Waals surface area contributed by atoms with Gasteiger partial charge in [0, 0.05) is 23.2 Å². The maximum absolute atomic E-state index is 12.4. The minimum atomic E-state index is -0.952. The zero-order valence-corrected chi connectivity index (χ0v) is 16.3. The van der Waals surface area contributed by atoms with E-state index in [4.69, 9.17) is 4.74 Å². The highest BCUT2D eigenvalue weighted by Crippen LogP contribution is 2.23. The number of ether oxygens (including phenoxy) is 1. The number of esters is 1. The molecule has 0 saturated heterocycles. The van der Waals surface area contributed by atoms with Crippen molar-refractivity contribution in [3.8, 4) is 0 Å². The molecule has 2 aromatic rings. The molecule has 0 aromatic heterocycles. The number of carbonyl (C=O) groups excluding carboxylic acids is 3. The van der Waals surface area contributed by atoms with Crippen LogP contribution in [0.1, 0.15) is 31.1 Å². The lowest BCUT2D eigenvalue weighted by atomic mass is 10.2. The Morgan fingerprint density at radius 2 is 1.59 bits per heavy atom. The Bertz CT molecular complexity index is 821. The molecule has 6 nitrogen and oxygen atoms in total. The van der Waals surface area contributed by atoms with Crippen LogP contribution in [0.4, 0.5) is 11.4 Å². The molecule has 0 aliphatic rings. The Kier molecular flexibility index (Phi) is 7.43. The molecule has 0 radical (unpaired) electrons. The molecular formula is C20H22N2O4S. The minimum Gasteiger partial charge on any atom is -0.449 e. The van der Waals surface area contributed by atoms with Crippen molar-refractivity contribution < 1.29 is 19.1 Å². The van der Waals surface area contributed by atoms with E-state index in [1.54, 1.807) is 48.2 Å². The molecule has 0 unspecified atom stereocenters. The van der Waals surface area contributed by atoms with Gasteiger partial charge < -0.3 is 15.4 Å². The number of rotatable bonds is 7. The van der Waals surface area contributed by atoms with Gasteiger partial charge in [-0.1, -0.05) is 19.1 Å². The second-order valence-electron chi connectivity index (χ2n) is 5.72. The van der Waals surface area contributed by atoms with Crippen molar-refractivity contribution >= 4 is 40.9 Å². The molecule has 0 aliphatic heterocycles. The topological polar surface area (TPSA) is 84.5 Å². The lowest BCUT2D eigenvalue weighted by molar-refractivity contribution is -0.123. The molecule has 27 heavy (non-hydrogen) atoms. The van der Waals surface area contributed by atoms with Crippen LogP contribution >= 0.6 is 11.8 Å². The van der Waals surface area contributed by atoms with Crippen molar-refractivity contribution in [2.24, 2.45) is 0 Å². The summed E-state index contributed by atoms with van der Waals surface area (Å²) in [6.45, 7) is 4.94. The highest BCUT2D eigenvalue weighted by Gasteiger charge is 2.20. The molecule has 2 rings (SSSR count). The number of amides is 2. The molecule has 0 fully saturated rings. The van der Waals surface area contributed by atoms with Crippen LogP contribution in [-0.4, -0.2) is 29.6 Å². The van der Waals surface area contributed by atoms with Gasteiger partial charge in [-0.15, -0.1) is 11.8 Å². The van der Waals surface area contributed by atoms with Gasteiger partial charge in [-0.2, -0.15) is 0 Å². The van der Waals surface area contributed by atoms with E-state index >= 15 is 0 Å². The van der Waals surface area contributed by atoms with Crippen molar-refractivity contribution in [3.05, 3.63) is 54.1 Å². The second-order valence-corrected chi connectivity index (χ2v) is 7.03. The number of hydrogen-bond acceptors (Lipinski definition) is 5. The van der Waals surface area contributed by atoms with E-state index < -0.39 is 18.0 Å². The van der Waals surface area contributed by atoms with Gasteiger partial charge >= 0.3 is 5.97 Å². The summed E-state index contributed by atoms with van der Waals surface area (Å²) < 4.78 is 5.31. The summed E-state index contributed by atoms with van der Waals surface area (Å²) in [5.41, 5.74) is 1.62. The van der Waals surface area contributed by atoms with Gasteiger partial charge in [0.05, 0.1) is 5.56 Å². The molecule has 0 spiro atoms. The molecule has 0 bridgehead atoms. The average molecular weight is 386 g/mol. The summed E-state index contributed by atoms with van der Waals surface area (Å²) in [5, 5.41) is 5.33. The number of benzene rings is 2. The number of carbonyl (C=O) groups is 3. The van der Waals surface area contributed by atoms with E-state index in [-0.39, 0.29) is 5.91 Å². The Labute approximate surface area is 162 Å². The van der Waals surface area contributed by atoms with E-state index in [2.05, 4.69) is 10.6 Å². The lowest BCUT2D eigenvalue weighted by Crippen LogP contribution is -2.30. The Hall–Kier alpha value is -2.80. The number of nitrogens with one attached hydrogen (secondary N) is 2. The zero-order chi connectivity index (χ0) is 19.8. The number of anilines is 2. The zero-order valence-electron chi connectivity index (χ0n) is 15.4. The fourth-order valence-corrected chi connectivity index (χ4v) is 3.07. The first-order valence-electron chi connectivity index (χ1n) is 8.52. The third kappa shape index (κ3) is 6.14.